The fraction of sp³-hybridized carbons (Fsp3) is 0.500. The number of nitrogens with zero attached hydrogens (tertiary/aromatic N) is 1. The van der Waals surface area contributed by atoms with Crippen molar-refractivity contribution in [3.63, 3.8) is 0 Å². The second kappa shape index (κ2) is 2.36. The van der Waals surface area contributed by atoms with Gasteiger partial charge < -0.3 is 0 Å². The lowest BCUT2D eigenvalue weighted by atomic mass is 10.4. The summed E-state index contributed by atoms with van der Waals surface area (Å²) in [6.45, 7) is 9.98. The zero-order chi connectivity index (χ0) is 6.74. The fourth-order valence-electron chi connectivity index (χ4n) is 1.36. The van der Waals surface area contributed by atoms with Gasteiger partial charge in [-0.1, -0.05) is 0 Å². The minimum atomic E-state index is 0.917. The zero-order valence-electron chi connectivity index (χ0n) is 5.84. The monoisotopic (exact) mass is 124 g/mol. The molecule has 0 aliphatic carbocycles. The number of rotatable bonds is 2. The fourth-order valence-corrected chi connectivity index (χ4v) is 1.36. The van der Waals surface area contributed by atoms with Gasteiger partial charge in [0.1, 0.15) is 0 Å². The van der Waals surface area contributed by atoms with Crippen LogP contribution in [0, 0.1) is 0 Å². The molecule has 9 heavy (non-hydrogen) atoms. The van der Waals surface area contributed by atoms with E-state index in [4.69, 9.17) is 0 Å². The summed E-state index contributed by atoms with van der Waals surface area (Å²) in [5.74, 6) is 0. The van der Waals surface area contributed by atoms with Gasteiger partial charge in [-0.25, -0.2) is 0 Å². The lowest BCUT2D eigenvalue weighted by molar-refractivity contribution is -0.813. The quantitative estimate of drug-likeness (QED) is 0.493. The number of hydrogen-bond donors (Lipinski definition) is 0. The van der Waals surface area contributed by atoms with E-state index in [9.17, 15) is 0 Å². The summed E-state index contributed by atoms with van der Waals surface area (Å²) in [5, 5.41) is 0. The molecule has 0 spiro atoms. The predicted molar refractivity (Wildman–Crippen MR) is 39.6 cm³/mol. The minimum absolute atomic E-state index is 0.917. The molecule has 1 saturated heterocycles. The van der Waals surface area contributed by atoms with E-state index in [1.54, 1.807) is 0 Å². The Labute approximate surface area is 56.9 Å². The Balaban J connectivity index is 2.66. The van der Waals surface area contributed by atoms with Crippen molar-refractivity contribution in [1.82, 2.24) is 0 Å². The smallest absolute Gasteiger partial charge is 0.0931 e. The molecule has 1 heteroatoms. The van der Waals surface area contributed by atoms with Crippen molar-refractivity contribution < 1.29 is 4.48 Å². The Morgan fingerprint density at radius 1 is 1.00 bits per heavy atom. The molecule has 1 aliphatic rings. The van der Waals surface area contributed by atoms with Gasteiger partial charge in [0.2, 0.25) is 0 Å². The maximum atomic E-state index is 3.79. The summed E-state index contributed by atoms with van der Waals surface area (Å²) >= 11 is 0. The number of likely N-dealkylation sites (tertiary alicyclic amines) is 1. The Hall–Kier alpha value is -0.560. The van der Waals surface area contributed by atoms with Crippen LogP contribution in [0.25, 0.3) is 0 Å². The zero-order valence-corrected chi connectivity index (χ0v) is 5.84. The first-order valence-corrected chi connectivity index (χ1v) is 3.47. The number of hydrogen-bond acceptors (Lipinski definition) is 0. The Bertz CT molecular complexity index is 111. The van der Waals surface area contributed by atoms with Crippen molar-refractivity contribution in [2.75, 3.05) is 13.1 Å². The molecular weight excluding hydrogens is 110 g/mol. The first-order valence-electron chi connectivity index (χ1n) is 3.47. The second-order valence-electron chi connectivity index (χ2n) is 2.62. The van der Waals surface area contributed by atoms with Gasteiger partial charge in [-0.3, -0.25) is 4.48 Å². The molecule has 0 aromatic carbocycles. The third-order valence-corrected chi connectivity index (χ3v) is 2.13. The molecule has 0 aromatic rings. The van der Waals surface area contributed by atoms with Gasteiger partial charge >= 0.3 is 0 Å². The van der Waals surface area contributed by atoms with Crippen molar-refractivity contribution in [3.8, 4) is 0 Å². The van der Waals surface area contributed by atoms with Crippen LogP contribution < -0.4 is 0 Å². The van der Waals surface area contributed by atoms with E-state index in [-0.39, 0.29) is 0 Å². The summed E-state index contributed by atoms with van der Waals surface area (Å²) in [6, 6.07) is 0. The van der Waals surface area contributed by atoms with Gasteiger partial charge in [-0.15, -0.1) is 0 Å². The Morgan fingerprint density at radius 3 is 1.67 bits per heavy atom. The summed E-state index contributed by atoms with van der Waals surface area (Å²) in [5.41, 5.74) is 0. The molecule has 1 nitrogen and oxygen atoms in total. The van der Waals surface area contributed by atoms with E-state index in [2.05, 4.69) is 13.2 Å². The molecule has 0 radical (unpaired) electrons. The molecule has 0 N–H and O–H groups in total. The molecule has 0 aromatic heterocycles. The molecule has 1 heterocycles. The maximum Gasteiger partial charge on any atom is 0.0931 e. The highest BCUT2D eigenvalue weighted by molar-refractivity contribution is 4.70. The molecule has 50 valence electrons. The van der Waals surface area contributed by atoms with Crippen LogP contribution in [0.1, 0.15) is 12.8 Å². The van der Waals surface area contributed by atoms with Crippen LogP contribution in [0.3, 0.4) is 0 Å². The largest absolute Gasteiger partial charge is 0.272 e. The average Bonchev–Trinajstić information content (AvgIpc) is 2.36. The summed E-state index contributed by atoms with van der Waals surface area (Å²) in [6.07, 6.45) is 6.61. The first-order chi connectivity index (χ1) is 4.33. The highest BCUT2D eigenvalue weighted by Gasteiger charge is 2.25. The molecule has 0 atom stereocenters. The summed E-state index contributed by atoms with van der Waals surface area (Å²) in [4.78, 5) is 0. The lowest BCUT2D eigenvalue weighted by Gasteiger charge is -2.23. The van der Waals surface area contributed by atoms with E-state index in [0.29, 0.717) is 0 Å². The van der Waals surface area contributed by atoms with Crippen molar-refractivity contribution in [3.05, 3.63) is 25.6 Å². The predicted octanol–water partition coefficient (Wildman–Crippen LogP) is 1.88. The van der Waals surface area contributed by atoms with Crippen molar-refractivity contribution in [2.45, 2.75) is 12.8 Å². The van der Waals surface area contributed by atoms with Crippen LogP contribution in [0.4, 0.5) is 0 Å². The molecule has 0 amide bonds. The third kappa shape index (κ3) is 1.06. The third-order valence-electron chi connectivity index (χ3n) is 2.13. The van der Waals surface area contributed by atoms with Crippen LogP contribution in [-0.2, 0) is 0 Å². The van der Waals surface area contributed by atoms with Crippen LogP contribution in [0.2, 0.25) is 0 Å². The SMILES string of the molecule is C=C[N+]1(C=C)CCCC1. The average molecular weight is 124 g/mol. The van der Waals surface area contributed by atoms with E-state index in [0.717, 1.165) is 4.48 Å². The van der Waals surface area contributed by atoms with E-state index in [1.165, 1.54) is 25.9 Å². The molecule has 0 unspecified atom stereocenters. The molecule has 1 rings (SSSR count). The highest BCUT2D eigenvalue weighted by Crippen LogP contribution is 2.19. The van der Waals surface area contributed by atoms with E-state index in [1.807, 2.05) is 12.4 Å². The summed E-state index contributed by atoms with van der Waals surface area (Å²) < 4.78 is 0.917. The van der Waals surface area contributed by atoms with Gasteiger partial charge in [0.15, 0.2) is 0 Å². The van der Waals surface area contributed by atoms with Gasteiger partial charge in [-0.05, 0) is 13.2 Å². The first kappa shape index (κ1) is 6.56. The topological polar surface area (TPSA) is 0 Å². The van der Waals surface area contributed by atoms with Crippen molar-refractivity contribution in [1.29, 1.82) is 0 Å². The van der Waals surface area contributed by atoms with Crippen LogP contribution in [0.15, 0.2) is 25.6 Å². The lowest BCUT2D eigenvalue weighted by Crippen LogP contribution is -2.32. The summed E-state index contributed by atoms with van der Waals surface area (Å²) in [7, 11) is 0. The van der Waals surface area contributed by atoms with Gasteiger partial charge in [0, 0.05) is 12.8 Å². The molecule has 0 bridgehead atoms. The molecule has 1 aliphatic heterocycles. The van der Waals surface area contributed by atoms with Gasteiger partial charge in [0.25, 0.3) is 0 Å². The van der Waals surface area contributed by atoms with E-state index >= 15 is 0 Å². The molecule has 0 saturated carbocycles. The van der Waals surface area contributed by atoms with Crippen molar-refractivity contribution >= 4 is 0 Å². The normalized spacial score (nSPS) is 23.6. The Morgan fingerprint density at radius 2 is 1.44 bits per heavy atom. The second-order valence-corrected chi connectivity index (χ2v) is 2.62. The van der Waals surface area contributed by atoms with Gasteiger partial charge in [-0.2, -0.15) is 0 Å². The molecule has 1 fully saturated rings. The van der Waals surface area contributed by atoms with E-state index < -0.39 is 0 Å². The van der Waals surface area contributed by atoms with Gasteiger partial charge in [0.05, 0.1) is 25.5 Å². The molecular formula is C8H14N+. The Kier molecular flexibility index (Phi) is 1.72. The van der Waals surface area contributed by atoms with Crippen LogP contribution in [-0.4, -0.2) is 17.6 Å². The highest BCUT2D eigenvalue weighted by atomic mass is 15.3. The standard InChI is InChI=1S/C8H14N/c1-3-9(4-2)7-5-6-8-9/h3-4H,1-2,5-8H2/q+1. The minimum Gasteiger partial charge on any atom is -0.272 e. The van der Waals surface area contributed by atoms with Crippen LogP contribution in [0.5, 0.6) is 0 Å². The van der Waals surface area contributed by atoms with Crippen molar-refractivity contribution in [2.24, 2.45) is 0 Å². The maximum absolute atomic E-state index is 3.79. The van der Waals surface area contributed by atoms with Crippen LogP contribution >= 0.6 is 0 Å². The number of quaternary nitrogens is 1.